The Morgan fingerprint density at radius 1 is 1.35 bits per heavy atom. The summed E-state index contributed by atoms with van der Waals surface area (Å²) >= 11 is 1.72. The van der Waals surface area contributed by atoms with Gasteiger partial charge < -0.3 is 9.88 Å². The molecule has 1 aliphatic rings. The lowest BCUT2D eigenvalue weighted by Gasteiger charge is -2.21. The molecule has 2 aromatic heterocycles. The zero-order valence-electron chi connectivity index (χ0n) is 15.6. The molecule has 136 valence electrons. The van der Waals surface area contributed by atoms with Crippen LogP contribution in [-0.2, 0) is 19.4 Å². The summed E-state index contributed by atoms with van der Waals surface area (Å²) in [5, 5.41) is 0.841. The summed E-state index contributed by atoms with van der Waals surface area (Å²) in [6, 6.07) is 10.6. The molecule has 0 saturated carbocycles. The van der Waals surface area contributed by atoms with Gasteiger partial charge in [-0.15, -0.1) is 11.3 Å². The van der Waals surface area contributed by atoms with Crippen molar-refractivity contribution in [2.75, 3.05) is 7.05 Å². The maximum Gasteiger partial charge on any atom is 0.260 e. The van der Waals surface area contributed by atoms with E-state index in [1.54, 1.807) is 11.3 Å². The Labute approximate surface area is 157 Å². The number of H-pyrrole nitrogens is 1. The topological polar surface area (TPSA) is 50.2 Å². The van der Waals surface area contributed by atoms with Crippen LogP contribution in [0.3, 0.4) is 0 Å². The molecule has 1 unspecified atom stereocenters. The van der Waals surface area contributed by atoms with Crippen molar-refractivity contribution in [2.45, 2.75) is 45.7 Å². The summed E-state index contributed by atoms with van der Waals surface area (Å²) in [6.45, 7) is 5.33. The number of quaternary nitrogens is 1. The third-order valence-electron chi connectivity index (χ3n) is 5.66. The standard InChI is InChI=1S/C21H25N3OS/c1-13-9-10-16-17(11-13)26-21-18(16)20(25)22-19(23-21)14(2)24(3)12-15-7-5-4-6-8-15/h4-8,13-14H,9-12H2,1-3H3,(H,22,23,25)/p+1/t13-,14+/m0/s1. The van der Waals surface area contributed by atoms with Crippen LogP contribution in [0.4, 0.5) is 0 Å². The predicted octanol–water partition coefficient (Wildman–Crippen LogP) is 2.89. The number of hydrogen-bond acceptors (Lipinski definition) is 3. The van der Waals surface area contributed by atoms with Crippen LogP contribution in [0.2, 0.25) is 0 Å². The van der Waals surface area contributed by atoms with E-state index in [0.717, 1.165) is 35.4 Å². The predicted molar refractivity (Wildman–Crippen MR) is 107 cm³/mol. The van der Waals surface area contributed by atoms with Gasteiger partial charge in [0, 0.05) is 10.4 Å². The van der Waals surface area contributed by atoms with E-state index in [1.807, 2.05) is 6.07 Å². The molecule has 2 N–H and O–H groups in total. The molecule has 0 amide bonds. The smallest absolute Gasteiger partial charge is 0.260 e. The minimum absolute atomic E-state index is 0.0383. The molecule has 5 heteroatoms. The van der Waals surface area contributed by atoms with E-state index < -0.39 is 0 Å². The van der Waals surface area contributed by atoms with Crippen molar-refractivity contribution in [2.24, 2.45) is 5.92 Å². The van der Waals surface area contributed by atoms with Crippen molar-refractivity contribution in [1.29, 1.82) is 0 Å². The molecule has 1 aliphatic carbocycles. The first-order valence-electron chi connectivity index (χ1n) is 9.43. The van der Waals surface area contributed by atoms with Gasteiger partial charge in [0.05, 0.1) is 12.4 Å². The van der Waals surface area contributed by atoms with Crippen LogP contribution >= 0.6 is 11.3 Å². The van der Waals surface area contributed by atoms with Crippen molar-refractivity contribution >= 4 is 21.6 Å². The molecular formula is C21H26N3OS+. The summed E-state index contributed by atoms with van der Waals surface area (Å²) in [7, 11) is 2.16. The monoisotopic (exact) mass is 368 g/mol. The van der Waals surface area contributed by atoms with Crippen LogP contribution in [-0.4, -0.2) is 17.0 Å². The fraction of sp³-hybridized carbons (Fsp3) is 0.429. The van der Waals surface area contributed by atoms with Gasteiger partial charge in [0.2, 0.25) is 0 Å². The van der Waals surface area contributed by atoms with Crippen molar-refractivity contribution in [1.82, 2.24) is 9.97 Å². The Morgan fingerprint density at radius 3 is 2.88 bits per heavy atom. The number of fused-ring (bicyclic) bond motifs is 3. The molecular weight excluding hydrogens is 342 g/mol. The minimum atomic E-state index is 0.0383. The van der Waals surface area contributed by atoms with Gasteiger partial charge in [-0.25, -0.2) is 4.98 Å². The second-order valence-electron chi connectivity index (χ2n) is 7.71. The molecule has 3 aromatic rings. The number of thiophene rings is 1. The molecule has 4 rings (SSSR count). The molecule has 0 bridgehead atoms. The normalized spacial score (nSPS) is 19.3. The highest BCUT2D eigenvalue weighted by molar-refractivity contribution is 7.18. The first-order valence-corrected chi connectivity index (χ1v) is 10.2. The Hall–Kier alpha value is -1.98. The van der Waals surface area contributed by atoms with Gasteiger partial charge in [-0.2, -0.15) is 0 Å². The first kappa shape index (κ1) is 17.4. The van der Waals surface area contributed by atoms with Crippen LogP contribution < -0.4 is 10.5 Å². The number of rotatable bonds is 4. The summed E-state index contributed by atoms with van der Waals surface area (Å²) in [5.41, 5.74) is 2.58. The van der Waals surface area contributed by atoms with Crippen LogP contribution in [0.1, 0.15) is 48.1 Å². The number of nitrogens with zero attached hydrogens (tertiary/aromatic N) is 1. The highest BCUT2D eigenvalue weighted by Gasteiger charge is 2.25. The maximum atomic E-state index is 12.8. The second-order valence-corrected chi connectivity index (χ2v) is 8.80. The average molecular weight is 369 g/mol. The molecule has 0 fully saturated rings. The summed E-state index contributed by atoms with van der Waals surface area (Å²) in [6.07, 6.45) is 3.26. The number of aromatic nitrogens is 2. The lowest BCUT2D eigenvalue weighted by Crippen LogP contribution is -3.07. The van der Waals surface area contributed by atoms with Gasteiger partial charge >= 0.3 is 0 Å². The van der Waals surface area contributed by atoms with E-state index in [1.165, 1.54) is 27.3 Å². The van der Waals surface area contributed by atoms with Crippen LogP contribution in [0.15, 0.2) is 35.1 Å². The molecule has 0 aliphatic heterocycles. The van der Waals surface area contributed by atoms with Crippen LogP contribution in [0.5, 0.6) is 0 Å². The van der Waals surface area contributed by atoms with E-state index in [0.29, 0.717) is 5.92 Å². The number of aryl methyl sites for hydroxylation is 1. The van der Waals surface area contributed by atoms with E-state index in [2.05, 4.69) is 50.1 Å². The Morgan fingerprint density at radius 2 is 2.12 bits per heavy atom. The first-order chi connectivity index (χ1) is 12.5. The fourth-order valence-electron chi connectivity index (χ4n) is 3.87. The van der Waals surface area contributed by atoms with E-state index in [9.17, 15) is 4.79 Å². The number of aromatic amines is 1. The van der Waals surface area contributed by atoms with E-state index in [-0.39, 0.29) is 11.6 Å². The van der Waals surface area contributed by atoms with Crippen molar-refractivity contribution < 1.29 is 4.90 Å². The molecule has 3 atom stereocenters. The van der Waals surface area contributed by atoms with Crippen molar-refractivity contribution in [3.8, 4) is 0 Å². The van der Waals surface area contributed by atoms with Crippen molar-refractivity contribution in [3.63, 3.8) is 0 Å². The molecule has 26 heavy (non-hydrogen) atoms. The zero-order chi connectivity index (χ0) is 18.3. The van der Waals surface area contributed by atoms with E-state index in [4.69, 9.17) is 4.98 Å². The summed E-state index contributed by atoms with van der Waals surface area (Å²) in [4.78, 5) is 24.4. The molecule has 2 heterocycles. The third-order valence-corrected chi connectivity index (χ3v) is 6.81. The quantitative estimate of drug-likeness (QED) is 0.744. The maximum absolute atomic E-state index is 12.8. The van der Waals surface area contributed by atoms with Gasteiger partial charge in [0.25, 0.3) is 5.56 Å². The van der Waals surface area contributed by atoms with Crippen molar-refractivity contribution in [3.05, 3.63) is 62.5 Å². The number of nitrogens with one attached hydrogen (secondary N) is 2. The van der Waals surface area contributed by atoms with Crippen LogP contribution in [0.25, 0.3) is 10.2 Å². The lowest BCUT2D eigenvalue weighted by molar-refractivity contribution is -0.924. The molecule has 0 radical (unpaired) electrons. The molecule has 0 spiro atoms. The van der Waals surface area contributed by atoms with Gasteiger partial charge in [-0.3, -0.25) is 4.79 Å². The average Bonchev–Trinajstić information content (AvgIpc) is 2.99. The van der Waals surface area contributed by atoms with Crippen LogP contribution in [0, 0.1) is 5.92 Å². The Kier molecular flexibility index (Phi) is 4.67. The Balaban J connectivity index is 1.65. The highest BCUT2D eigenvalue weighted by Crippen LogP contribution is 2.35. The summed E-state index contributed by atoms with van der Waals surface area (Å²) < 4.78 is 0. The van der Waals surface area contributed by atoms with Gasteiger partial charge in [-0.05, 0) is 37.7 Å². The molecule has 4 nitrogen and oxygen atoms in total. The number of benzene rings is 1. The fourth-order valence-corrected chi connectivity index (χ4v) is 5.27. The summed E-state index contributed by atoms with van der Waals surface area (Å²) in [5.74, 6) is 1.50. The highest BCUT2D eigenvalue weighted by atomic mass is 32.1. The van der Waals surface area contributed by atoms with Gasteiger partial charge in [0.15, 0.2) is 5.82 Å². The third kappa shape index (κ3) is 3.21. The van der Waals surface area contributed by atoms with Gasteiger partial charge in [-0.1, -0.05) is 37.3 Å². The lowest BCUT2D eigenvalue weighted by atomic mass is 9.89. The Bertz CT molecular complexity index is 976. The largest absolute Gasteiger partial charge is 0.325 e. The number of hydrogen-bond donors (Lipinski definition) is 2. The van der Waals surface area contributed by atoms with E-state index >= 15 is 0 Å². The SMILES string of the molecule is C[C@H]1CCc2c(sc3nc([C@@H](C)[NH+](C)Cc4ccccc4)[nH]c(=O)c23)C1. The molecule has 0 saturated heterocycles. The molecule has 1 aromatic carbocycles. The minimum Gasteiger partial charge on any atom is -0.325 e. The second kappa shape index (κ2) is 6.97. The zero-order valence-corrected chi connectivity index (χ0v) is 16.5. The van der Waals surface area contributed by atoms with Gasteiger partial charge in [0.1, 0.15) is 17.4 Å².